The number of alkyl halides is 3. The van der Waals surface area contributed by atoms with Gasteiger partial charge in [0.1, 0.15) is 0 Å². The lowest BCUT2D eigenvalue weighted by Gasteiger charge is -2.08. The Morgan fingerprint density at radius 1 is 0.846 bits per heavy atom. The van der Waals surface area contributed by atoms with Crippen LogP contribution in [0.1, 0.15) is 27.8 Å². The van der Waals surface area contributed by atoms with Crippen molar-refractivity contribution in [2.45, 2.75) is 40.1 Å². The molecule has 2 rings (SSSR count). The summed E-state index contributed by atoms with van der Waals surface area (Å²) < 4.78 is 62.1. The Kier molecular flexibility index (Phi) is 7.67. The highest BCUT2D eigenvalue weighted by Gasteiger charge is 2.36. The first kappa shape index (κ1) is 22.9. The number of halogens is 4. The van der Waals surface area contributed by atoms with E-state index in [0.717, 1.165) is 0 Å². The van der Waals surface area contributed by atoms with Gasteiger partial charge in [-0.05, 0) is 46.2 Å². The second kappa shape index (κ2) is 8.71. The molecule has 0 saturated carbocycles. The molecular weight excluding hydrogens is 480 g/mol. The minimum atomic E-state index is -6.09. The number of benzene rings is 2. The van der Waals surface area contributed by atoms with Crippen molar-refractivity contribution in [3.8, 4) is 0 Å². The van der Waals surface area contributed by atoms with Gasteiger partial charge in [0, 0.05) is 16.7 Å². The smallest absolute Gasteiger partial charge is 0.485 e. The Morgan fingerprint density at radius 3 is 1.73 bits per heavy atom. The van der Waals surface area contributed by atoms with Gasteiger partial charge in [-0.1, -0.05) is 29.8 Å². The van der Waals surface area contributed by atoms with E-state index in [4.69, 9.17) is 13.0 Å². The van der Waals surface area contributed by atoms with Crippen LogP contribution in [0.25, 0.3) is 0 Å². The molecule has 2 aromatic rings. The van der Waals surface area contributed by atoms with Crippen LogP contribution in [0.3, 0.4) is 0 Å². The van der Waals surface area contributed by atoms with Crippen LogP contribution in [-0.4, -0.2) is 18.5 Å². The van der Waals surface area contributed by atoms with Gasteiger partial charge in [0.05, 0.1) is 0 Å². The second-order valence-electron chi connectivity index (χ2n) is 5.96. The molecule has 0 fully saturated rings. The normalized spacial score (nSPS) is 11.7. The molecule has 26 heavy (non-hydrogen) atoms. The third kappa shape index (κ3) is 6.55. The highest BCUT2D eigenvalue weighted by molar-refractivity contribution is 7.86. The van der Waals surface area contributed by atoms with Crippen molar-refractivity contribution in [1.82, 2.24) is 0 Å². The summed E-state index contributed by atoms with van der Waals surface area (Å²) in [5.41, 5.74) is 1.46. The molecule has 0 aliphatic heterocycles. The van der Waals surface area contributed by atoms with Crippen LogP contribution in [0.15, 0.2) is 30.3 Å². The Morgan fingerprint density at radius 2 is 1.31 bits per heavy atom. The predicted octanol–water partition coefficient (Wildman–Crippen LogP) is 1.41. The topological polar surface area (TPSA) is 57.2 Å². The van der Waals surface area contributed by atoms with E-state index in [1.54, 1.807) is 7.14 Å². The average Bonchev–Trinajstić information content (AvgIpc) is 2.44. The van der Waals surface area contributed by atoms with E-state index in [2.05, 4.69) is 65.0 Å². The molecule has 3 nitrogen and oxygen atoms in total. The minimum absolute atomic E-state index is 0.0660. The summed E-state index contributed by atoms with van der Waals surface area (Å²) in [6.45, 7) is 11.1. The summed E-state index contributed by atoms with van der Waals surface area (Å²) in [4.78, 5) is 0. The summed E-state index contributed by atoms with van der Waals surface area (Å²) in [6.07, 6.45) is 0. The molecule has 0 N–H and O–H groups in total. The first-order valence-electron chi connectivity index (χ1n) is 7.54. The summed E-state index contributed by atoms with van der Waals surface area (Å²) >= 11 is -0.0660. The molecule has 2 aromatic carbocycles. The van der Waals surface area contributed by atoms with Crippen LogP contribution in [0.5, 0.6) is 0 Å². The Labute approximate surface area is 162 Å². The summed E-state index contributed by atoms with van der Waals surface area (Å²) in [5.74, 6) is 0. The number of aryl methyl sites for hydroxylation is 5. The molecule has 0 aromatic heterocycles. The van der Waals surface area contributed by atoms with E-state index >= 15 is 0 Å². The van der Waals surface area contributed by atoms with Gasteiger partial charge in [0.15, 0.2) is 17.3 Å². The third-order valence-electron chi connectivity index (χ3n) is 3.39. The van der Waals surface area contributed by atoms with Crippen molar-refractivity contribution in [2.24, 2.45) is 0 Å². The quantitative estimate of drug-likeness (QED) is 0.356. The van der Waals surface area contributed by atoms with Gasteiger partial charge in [0.2, 0.25) is 0 Å². The van der Waals surface area contributed by atoms with Crippen molar-refractivity contribution < 1.29 is 47.3 Å². The molecule has 0 saturated heterocycles. The first-order valence-corrected chi connectivity index (χ1v) is 11.1. The Balaban J connectivity index is 0.000000359. The zero-order valence-electron chi connectivity index (χ0n) is 15.0. The Hall–Kier alpha value is -1.13. The standard InChI is InChI=1S/C17H20I.CHF3O3S/c1-11-6-7-13(3)16(10-11)18-17-14(4)8-12(2)9-15(17)5;2-1(3,4)8(5,6)7/h6-10H,1-5H3;(H,5,6,7)/q+1;/p-1. The van der Waals surface area contributed by atoms with Crippen molar-refractivity contribution in [2.75, 3.05) is 0 Å². The van der Waals surface area contributed by atoms with Crippen LogP contribution < -0.4 is 21.2 Å². The molecule has 0 heterocycles. The molecule has 0 atom stereocenters. The molecule has 0 spiro atoms. The molecule has 8 heteroatoms. The SMILES string of the molecule is Cc1cc(C)c([I+]c2cc(C)ccc2C)c(C)c1.O=S(=O)([O-])C(F)(F)F. The van der Waals surface area contributed by atoms with Crippen molar-refractivity contribution in [3.63, 3.8) is 0 Å². The van der Waals surface area contributed by atoms with Gasteiger partial charge in [-0.3, -0.25) is 0 Å². The number of rotatable bonds is 2. The van der Waals surface area contributed by atoms with Gasteiger partial charge >= 0.3 is 26.7 Å². The van der Waals surface area contributed by atoms with Crippen LogP contribution >= 0.6 is 0 Å². The zero-order valence-corrected chi connectivity index (χ0v) is 18.0. The summed E-state index contributed by atoms with van der Waals surface area (Å²) in [5, 5.41) is 0. The molecule has 0 bridgehead atoms. The molecule has 0 aliphatic rings. The maximum atomic E-state index is 10.7. The lowest BCUT2D eigenvalue weighted by molar-refractivity contribution is -0.599. The first-order chi connectivity index (χ1) is 11.7. The van der Waals surface area contributed by atoms with E-state index in [-0.39, 0.29) is 21.2 Å². The third-order valence-corrected chi connectivity index (χ3v) is 7.94. The highest BCUT2D eigenvalue weighted by atomic mass is 127. The van der Waals surface area contributed by atoms with Gasteiger partial charge < -0.3 is 4.55 Å². The fourth-order valence-corrected chi connectivity index (χ4v) is 5.21. The maximum Gasteiger partial charge on any atom is 0.485 e. The molecule has 0 aliphatic carbocycles. The number of hydrogen-bond acceptors (Lipinski definition) is 3. The van der Waals surface area contributed by atoms with Crippen molar-refractivity contribution in [3.05, 3.63) is 65.3 Å². The van der Waals surface area contributed by atoms with E-state index in [0.29, 0.717) is 0 Å². The van der Waals surface area contributed by atoms with Gasteiger partial charge in [-0.15, -0.1) is 0 Å². The zero-order chi connectivity index (χ0) is 20.3. The summed E-state index contributed by atoms with van der Waals surface area (Å²) in [6, 6.07) is 11.4. The summed E-state index contributed by atoms with van der Waals surface area (Å²) in [7, 11) is -6.09. The fraction of sp³-hybridized carbons (Fsp3) is 0.333. The van der Waals surface area contributed by atoms with E-state index in [1.165, 1.54) is 27.8 Å². The molecule has 0 unspecified atom stereocenters. The van der Waals surface area contributed by atoms with Crippen LogP contribution in [0, 0.1) is 41.8 Å². The highest BCUT2D eigenvalue weighted by Crippen LogP contribution is 2.20. The Bertz CT molecular complexity index is 868. The largest absolute Gasteiger partial charge is 0.741 e. The lowest BCUT2D eigenvalue weighted by atomic mass is 10.1. The second-order valence-corrected chi connectivity index (χ2v) is 10.1. The molecule has 0 radical (unpaired) electrons. The van der Waals surface area contributed by atoms with Crippen LogP contribution in [0.2, 0.25) is 0 Å². The van der Waals surface area contributed by atoms with Gasteiger partial charge in [-0.2, -0.15) is 13.2 Å². The monoisotopic (exact) mass is 500 g/mol. The van der Waals surface area contributed by atoms with E-state index in [1.807, 2.05) is 0 Å². The van der Waals surface area contributed by atoms with Crippen LogP contribution in [0.4, 0.5) is 13.2 Å². The van der Waals surface area contributed by atoms with Crippen molar-refractivity contribution in [1.29, 1.82) is 0 Å². The lowest BCUT2D eigenvalue weighted by Crippen LogP contribution is -3.62. The van der Waals surface area contributed by atoms with Gasteiger partial charge in [-0.25, -0.2) is 8.42 Å². The van der Waals surface area contributed by atoms with E-state index in [9.17, 15) is 13.2 Å². The van der Waals surface area contributed by atoms with E-state index < -0.39 is 15.6 Å². The molecular formula is C18H20F3IO3S. The predicted molar refractivity (Wildman–Crippen MR) is 89.7 cm³/mol. The molecule has 144 valence electrons. The van der Waals surface area contributed by atoms with Crippen LogP contribution in [-0.2, 0) is 10.1 Å². The van der Waals surface area contributed by atoms with Crippen molar-refractivity contribution >= 4 is 10.1 Å². The number of hydrogen-bond donors (Lipinski definition) is 0. The maximum absolute atomic E-state index is 10.7. The average molecular weight is 500 g/mol. The fourth-order valence-electron chi connectivity index (χ4n) is 2.21. The minimum Gasteiger partial charge on any atom is -0.741 e. The molecule has 0 amide bonds. The van der Waals surface area contributed by atoms with Gasteiger partial charge in [0.25, 0.3) is 0 Å².